The number of allylic oxidation sites excluding steroid dienone is 1. The second kappa shape index (κ2) is 5.38. The van der Waals surface area contributed by atoms with Gasteiger partial charge in [0.1, 0.15) is 0 Å². The van der Waals surface area contributed by atoms with Crippen molar-refractivity contribution in [3.8, 4) is 0 Å². The van der Waals surface area contributed by atoms with Crippen LogP contribution in [-0.2, 0) is 0 Å². The summed E-state index contributed by atoms with van der Waals surface area (Å²) in [5.74, 6) is 1.79. The molecule has 0 heterocycles. The van der Waals surface area contributed by atoms with E-state index in [0.29, 0.717) is 11.3 Å². The third-order valence-corrected chi connectivity index (χ3v) is 7.74. The van der Waals surface area contributed by atoms with Crippen LogP contribution in [-0.4, -0.2) is 22.9 Å². The molecule has 2 nitrogen and oxygen atoms in total. The van der Waals surface area contributed by atoms with Crippen LogP contribution < -0.4 is 0 Å². The fraction of sp³-hybridized carbons (Fsp3) is 0.895. The lowest BCUT2D eigenvalue weighted by Crippen LogP contribution is -2.46. The minimum atomic E-state index is -0.199. The Morgan fingerprint density at radius 3 is 2.57 bits per heavy atom. The smallest absolute Gasteiger partial charge is 0.0544 e. The van der Waals surface area contributed by atoms with Gasteiger partial charge in [-0.1, -0.05) is 26.0 Å². The minimum absolute atomic E-state index is 0.199. The first-order valence-electron chi connectivity index (χ1n) is 8.87. The highest BCUT2D eigenvalue weighted by Gasteiger charge is 2.51. The van der Waals surface area contributed by atoms with Crippen LogP contribution in [0.3, 0.4) is 0 Å². The van der Waals surface area contributed by atoms with E-state index < -0.39 is 0 Å². The van der Waals surface area contributed by atoms with Gasteiger partial charge in [0, 0.05) is 6.61 Å². The van der Waals surface area contributed by atoms with E-state index >= 15 is 0 Å². The van der Waals surface area contributed by atoms with Crippen LogP contribution in [0.1, 0.15) is 65.2 Å². The number of aliphatic hydroxyl groups is 2. The summed E-state index contributed by atoms with van der Waals surface area (Å²) in [5.41, 5.74) is 2.09. The quantitative estimate of drug-likeness (QED) is 0.757. The van der Waals surface area contributed by atoms with Crippen LogP contribution in [0.15, 0.2) is 12.2 Å². The standard InChI is InChI=1S/C19H32O2/c1-13-4-5-14-10-15(6-8-18(13,14)2)19(3)9-7-17(21)11-16(19)12-20/h14-17,20-21H,1,4-12H2,2-3H3/t14-,15-,16+,17-,18+,19+/m0/s1. The molecular formula is C19H32O2. The van der Waals surface area contributed by atoms with Crippen molar-refractivity contribution in [1.82, 2.24) is 0 Å². The molecule has 2 N–H and O–H groups in total. The lowest BCUT2D eigenvalue weighted by Gasteiger charge is -2.52. The lowest BCUT2D eigenvalue weighted by molar-refractivity contribution is -0.0661. The van der Waals surface area contributed by atoms with Gasteiger partial charge in [0.2, 0.25) is 0 Å². The first kappa shape index (κ1) is 15.6. The van der Waals surface area contributed by atoms with Crippen molar-refractivity contribution in [3.05, 3.63) is 12.2 Å². The van der Waals surface area contributed by atoms with Gasteiger partial charge in [0.25, 0.3) is 0 Å². The van der Waals surface area contributed by atoms with E-state index in [1.54, 1.807) is 0 Å². The van der Waals surface area contributed by atoms with E-state index in [9.17, 15) is 10.2 Å². The largest absolute Gasteiger partial charge is 0.396 e. The molecule has 120 valence electrons. The Morgan fingerprint density at radius 1 is 1.10 bits per heavy atom. The summed E-state index contributed by atoms with van der Waals surface area (Å²) >= 11 is 0. The lowest BCUT2D eigenvalue weighted by atomic mass is 9.53. The fourth-order valence-corrected chi connectivity index (χ4v) is 5.75. The third kappa shape index (κ3) is 2.39. The van der Waals surface area contributed by atoms with Crippen LogP contribution >= 0.6 is 0 Å². The van der Waals surface area contributed by atoms with Gasteiger partial charge < -0.3 is 10.2 Å². The molecule has 0 spiro atoms. The molecule has 3 aliphatic carbocycles. The van der Waals surface area contributed by atoms with E-state index in [0.717, 1.165) is 25.2 Å². The maximum Gasteiger partial charge on any atom is 0.0544 e. The van der Waals surface area contributed by atoms with Gasteiger partial charge in [-0.05, 0) is 80.0 Å². The molecule has 0 unspecified atom stereocenters. The van der Waals surface area contributed by atoms with E-state index in [-0.39, 0.29) is 24.0 Å². The zero-order chi connectivity index (χ0) is 15.3. The zero-order valence-corrected chi connectivity index (χ0v) is 13.8. The van der Waals surface area contributed by atoms with Crippen LogP contribution in [0, 0.1) is 28.6 Å². The molecule has 3 rings (SSSR count). The Morgan fingerprint density at radius 2 is 1.86 bits per heavy atom. The van der Waals surface area contributed by atoms with Crippen molar-refractivity contribution in [2.24, 2.45) is 28.6 Å². The Labute approximate surface area is 129 Å². The molecule has 0 radical (unpaired) electrons. The van der Waals surface area contributed by atoms with Crippen LogP contribution in [0.2, 0.25) is 0 Å². The van der Waals surface area contributed by atoms with Crippen molar-refractivity contribution in [1.29, 1.82) is 0 Å². The van der Waals surface area contributed by atoms with Crippen molar-refractivity contribution in [2.45, 2.75) is 71.3 Å². The minimum Gasteiger partial charge on any atom is -0.396 e. The molecule has 3 fully saturated rings. The first-order chi connectivity index (χ1) is 9.90. The molecule has 0 amide bonds. The Kier molecular flexibility index (Phi) is 3.99. The number of hydrogen-bond acceptors (Lipinski definition) is 2. The summed E-state index contributed by atoms with van der Waals surface area (Å²) in [5, 5.41) is 19.8. The molecule has 6 atom stereocenters. The number of aliphatic hydroxyl groups excluding tert-OH is 2. The molecule has 3 aliphatic rings. The van der Waals surface area contributed by atoms with Gasteiger partial charge in [0.05, 0.1) is 6.10 Å². The Balaban J connectivity index is 1.77. The molecule has 0 saturated heterocycles. The second-order valence-electron chi connectivity index (χ2n) is 8.54. The van der Waals surface area contributed by atoms with Crippen molar-refractivity contribution >= 4 is 0 Å². The maximum atomic E-state index is 9.94. The summed E-state index contributed by atoms with van der Waals surface area (Å²) < 4.78 is 0. The third-order valence-electron chi connectivity index (χ3n) is 7.74. The second-order valence-corrected chi connectivity index (χ2v) is 8.54. The van der Waals surface area contributed by atoms with Crippen molar-refractivity contribution < 1.29 is 10.2 Å². The summed E-state index contributed by atoms with van der Waals surface area (Å²) in [6, 6.07) is 0. The average Bonchev–Trinajstić information content (AvgIpc) is 2.77. The first-order valence-corrected chi connectivity index (χ1v) is 8.87. The molecule has 21 heavy (non-hydrogen) atoms. The predicted octanol–water partition coefficient (Wildman–Crippen LogP) is 3.92. The number of rotatable bonds is 2. The van der Waals surface area contributed by atoms with Crippen LogP contribution in [0.5, 0.6) is 0 Å². The normalized spacial score (nSPS) is 51.0. The molecular weight excluding hydrogens is 260 g/mol. The molecule has 0 aromatic rings. The van der Waals surface area contributed by atoms with Crippen molar-refractivity contribution in [3.63, 3.8) is 0 Å². The molecule has 0 bridgehead atoms. The van der Waals surface area contributed by atoms with Gasteiger partial charge in [-0.15, -0.1) is 0 Å². The van der Waals surface area contributed by atoms with Crippen LogP contribution in [0.4, 0.5) is 0 Å². The van der Waals surface area contributed by atoms with E-state index in [1.807, 2.05) is 0 Å². The van der Waals surface area contributed by atoms with Gasteiger partial charge in [-0.3, -0.25) is 0 Å². The zero-order valence-electron chi connectivity index (χ0n) is 13.8. The van der Waals surface area contributed by atoms with Gasteiger partial charge in [-0.25, -0.2) is 0 Å². The molecule has 0 aromatic carbocycles. The summed E-state index contributed by atoms with van der Waals surface area (Å²) in [7, 11) is 0. The summed E-state index contributed by atoms with van der Waals surface area (Å²) in [6.45, 7) is 9.38. The Hall–Kier alpha value is -0.340. The fourth-order valence-electron chi connectivity index (χ4n) is 5.75. The summed E-state index contributed by atoms with van der Waals surface area (Å²) in [4.78, 5) is 0. The van der Waals surface area contributed by atoms with Gasteiger partial charge in [-0.2, -0.15) is 0 Å². The maximum absolute atomic E-state index is 9.94. The predicted molar refractivity (Wildman–Crippen MR) is 85.9 cm³/mol. The van der Waals surface area contributed by atoms with E-state index in [4.69, 9.17) is 0 Å². The van der Waals surface area contributed by atoms with Crippen molar-refractivity contribution in [2.75, 3.05) is 6.61 Å². The highest BCUT2D eigenvalue weighted by molar-refractivity contribution is 5.19. The van der Waals surface area contributed by atoms with Gasteiger partial charge >= 0.3 is 0 Å². The SMILES string of the molecule is C=C1CC[C@H]2C[C@@H]([C@@]3(C)CC[C@H](O)C[C@@H]3CO)CC[C@]12C. The summed E-state index contributed by atoms with van der Waals surface area (Å²) in [6.07, 6.45) is 8.96. The average molecular weight is 292 g/mol. The van der Waals surface area contributed by atoms with E-state index in [2.05, 4.69) is 20.4 Å². The number of hydrogen-bond donors (Lipinski definition) is 2. The van der Waals surface area contributed by atoms with Gasteiger partial charge in [0.15, 0.2) is 0 Å². The van der Waals surface area contributed by atoms with Crippen LogP contribution in [0.25, 0.3) is 0 Å². The molecule has 0 aliphatic heterocycles. The number of fused-ring (bicyclic) bond motifs is 1. The highest BCUT2D eigenvalue weighted by Crippen LogP contribution is 2.61. The Bertz CT molecular complexity index is 418. The van der Waals surface area contributed by atoms with E-state index in [1.165, 1.54) is 37.7 Å². The highest BCUT2D eigenvalue weighted by atomic mass is 16.3. The topological polar surface area (TPSA) is 40.5 Å². The molecule has 3 saturated carbocycles. The molecule has 0 aromatic heterocycles. The monoisotopic (exact) mass is 292 g/mol. The molecule has 2 heteroatoms.